The van der Waals surface area contributed by atoms with Crippen LogP contribution in [0.4, 0.5) is 23.2 Å². The van der Waals surface area contributed by atoms with Gasteiger partial charge in [-0.2, -0.15) is 13.2 Å². The molecule has 0 unspecified atom stereocenters. The second kappa shape index (κ2) is 13.2. The van der Waals surface area contributed by atoms with Gasteiger partial charge in [-0.05, 0) is 41.0 Å². The topological polar surface area (TPSA) is 76.5 Å². The van der Waals surface area contributed by atoms with Crippen molar-refractivity contribution >= 4 is 16.5 Å². The average molecular weight is 646 g/mol. The van der Waals surface area contributed by atoms with E-state index in [0.717, 1.165) is 32.7 Å². The molecule has 2 heterocycles. The zero-order valence-electron chi connectivity index (χ0n) is 25.9. The van der Waals surface area contributed by atoms with Gasteiger partial charge in [-0.1, -0.05) is 78.9 Å². The minimum Gasteiger partial charge on any atom is -0.363 e. The summed E-state index contributed by atoms with van der Waals surface area (Å²) in [6.45, 7) is 3.41. The Morgan fingerprint density at radius 3 is 2.17 bits per heavy atom. The molecular formula is C36H35F4N5O2. The van der Waals surface area contributed by atoms with Crippen LogP contribution in [-0.4, -0.2) is 40.2 Å². The summed E-state index contributed by atoms with van der Waals surface area (Å²) in [7, 11) is 0. The SMILES string of the molecule is Cc1c(N2CCN(Cc3cccc4ccccc34)CC2)c(=O)n(C[C@H](N)c2ccccc2)c(=O)n1Cc1c(F)cccc1C(F)(F)F. The van der Waals surface area contributed by atoms with Crippen LogP contribution in [0.1, 0.15) is 34.0 Å². The molecule has 0 bridgehead atoms. The van der Waals surface area contributed by atoms with E-state index in [4.69, 9.17) is 5.73 Å². The Labute approximate surface area is 269 Å². The first-order valence-electron chi connectivity index (χ1n) is 15.5. The normalized spacial score (nSPS) is 14.9. The van der Waals surface area contributed by atoms with Crippen molar-refractivity contribution in [2.45, 2.75) is 38.8 Å². The van der Waals surface area contributed by atoms with Gasteiger partial charge in [0, 0.05) is 50.0 Å². The van der Waals surface area contributed by atoms with Gasteiger partial charge in [0.15, 0.2) is 0 Å². The van der Waals surface area contributed by atoms with Gasteiger partial charge in [0.25, 0.3) is 5.56 Å². The largest absolute Gasteiger partial charge is 0.416 e. The predicted octanol–water partition coefficient (Wildman–Crippen LogP) is 5.70. The molecule has 0 amide bonds. The van der Waals surface area contributed by atoms with Crippen LogP contribution in [0.3, 0.4) is 0 Å². The van der Waals surface area contributed by atoms with Gasteiger partial charge >= 0.3 is 11.9 Å². The van der Waals surface area contributed by atoms with Crippen LogP contribution >= 0.6 is 0 Å². The van der Waals surface area contributed by atoms with Gasteiger partial charge in [-0.15, -0.1) is 0 Å². The van der Waals surface area contributed by atoms with E-state index in [1.54, 1.807) is 24.3 Å². The van der Waals surface area contributed by atoms with Crippen LogP contribution in [0.5, 0.6) is 0 Å². The zero-order chi connectivity index (χ0) is 33.3. The lowest BCUT2D eigenvalue weighted by Gasteiger charge is -2.37. The first-order chi connectivity index (χ1) is 22.5. The second-order valence-corrected chi connectivity index (χ2v) is 11.9. The van der Waals surface area contributed by atoms with Gasteiger partial charge in [0.2, 0.25) is 0 Å². The average Bonchev–Trinajstić information content (AvgIpc) is 3.06. The van der Waals surface area contributed by atoms with E-state index < -0.39 is 47.0 Å². The van der Waals surface area contributed by atoms with Crippen molar-refractivity contribution < 1.29 is 17.6 Å². The number of nitrogens with two attached hydrogens (primary N) is 1. The lowest BCUT2D eigenvalue weighted by atomic mass is 10.0. The molecule has 1 aromatic heterocycles. The molecule has 5 aromatic rings. The molecule has 47 heavy (non-hydrogen) atoms. The Kier molecular flexibility index (Phi) is 9.03. The minimum atomic E-state index is -4.84. The van der Waals surface area contributed by atoms with Gasteiger partial charge < -0.3 is 10.6 Å². The van der Waals surface area contributed by atoms with Crippen molar-refractivity contribution in [3.05, 3.63) is 146 Å². The highest BCUT2D eigenvalue weighted by molar-refractivity contribution is 5.85. The number of fused-ring (bicyclic) bond motifs is 1. The number of rotatable bonds is 8. The van der Waals surface area contributed by atoms with Gasteiger partial charge in [0.05, 0.1) is 18.7 Å². The maximum Gasteiger partial charge on any atom is 0.416 e. The lowest BCUT2D eigenvalue weighted by Crippen LogP contribution is -2.51. The Balaban J connectivity index is 1.36. The molecule has 1 aliphatic heterocycles. The molecule has 7 nitrogen and oxygen atoms in total. The number of hydrogen-bond donors (Lipinski definition) is 1. The number of piperazine rings is 1. The first kappa shape index (κ1) is 32.2. The summed E-state index contributed by atoms with van der Waals surface area (Å²) in [4.78, 5) is 32.1. The van der Waals surface area contributed by atoms with E-state index in [1.807, 2.05) is 29.2 Å². The van der Waals surface area contributed by atoms with Crippen molar-refractivity contribution in [3.8, 4) is 0 Å². The number of hydrogen-bond acceptors (Lipinski definition) is 5. The third-order valence-electron chi connectivity index (χ3n) is 8.97. The molecule has 4 aromatic carbocycles. The van der Waals surface area contributed by atoms with E-state index in [9.17, 15) is 27.2 Å². The van der Waals surface area contributed by atoms with Crippen molar-refractivity contribution in [2.24, 2.45) is 5.73 Å². The van der Waals surface area contributed by atoms with Crippen LogP contribution in [0, 0.1) is 12.7 Å². The van der Waals surface area contributed by atoms with Gasteiger partial charge in [-0.3, -0.25) is 18.8 Å². The van der Waals surface area contributed by atoms with E-state index in [0.29, 0.717) is 38.3 Å². The molecule has 0 saturated carbocycles. The van der Waals surface area contributed by atoms with Gasteiger partial charge in [-0.25, -0.2) is 9.18 Å². The first-order valence-corrected chi connectivity index (χ1v) is 15.5. The van der Waals surface area contributed by atoms with Crippen molar-refractivity contribution in [1.29, 1.82) is 0 Å². The summed E-state index contributed by atoms with van der Waals surface area (Å²) in [5.41, 5.74) is 5.38. The molecule has 0 spiro atoms. The molecule has 6 rings (SSSR count). The van der Waals surface area contributed by atoms with E-state index >= 15 is 0 Å². The van der Waals surface area contributed by atoms with E-state index in [1.165, 1.54) is 17.9 Å². The summed E-state index contributed by atoms with van der Waals surface area (Å²) < 4.78 is 58.9. The van der Waals surface area contributed by atoms with E-state index in [-0.39, 0.29) is 17.9 Å². The fourth-order valence-corrected chi connectivity index (χ4v) is 6.44. The molecule has 0 aliphatic carbocycles. The molecule has 11 heteroatoms. The monoisotopic (exact) mass is 645 g/mol. The Bertz CT molecular complexity index is 2010. The third kappa shape index (κ3) is 6.59. The summed E-state index contributed by atoms with van der Waals surface area (Å²) in [5.74, 6) is -1.09. The Hall–Kier alpha value is -4.74. The maximum absolute atomic E-state index is 15.0. The van der Waals surface area contributed by atoms with Crippen LogP contribution < -0.4 is 21.9 Å². The lowest BCUT2D eigenvalue weighted by molar-refractivity contribution is -0.138. The number of anilines is 1. The third-order valence-corrected chi connectivity index (χ3v) is 8.97. The standard InChI is InChI=1S/C36H35F4N5O2/c1-24-33(43-19-17-42(18-20-43)21-27-13-7-12-25-9-5-6-14-28(25)27)34(46)45(23-32(41)26-10-3-2-4-11-26)35(47)44(24)22-29-30(36(38,39)40)15-8-16-31(29)37/h2-16,32H,17-23,41H2,1H3/t32-/m0/s1. The Morgan fingerprint density at radius 1 is 0.787 bits per heavy atom. The fourth-order valence-electron chi connectivity index (χ4n) is 6.44. The molecule has 1 aliphatic rings. The molecule has 2 N–H and O–H groups in total. The molecular weight excluding hydrogens is 610 g/mol. The van der Waals surface area contributed by atoms with Crippen LogP contribution in [0.15, 0.2) is 101 Å². The smallest absolute Gasteiger partial charge is 0.363 e. The predicted molar refractivity (Wildman–Crippen MR) is 175 cm³/mol. The molecule has 1 atom stereocenters. The molecule has 1 saturated heterocycles. The highest BCUT2D eigenvalue weighted by Crippen LogP contribution is 2.34. The maximum atomic E-state index is 15.0. The Morgan fingerprint density at radius 2 is 1.45 bits per heavy atom. The number of benzene rings is 4. The summed E-state index contributed by atoms with van der Waals surface area (Å²) in [6, 6.07) is 25.3. The summed E-state index contributed by atoms with van der Waals surface area (Å²) in [6.07, 6.45) is -4.84. The van der Waals surface area contributed by atoms with Crippen molar-refractivity contribution in [1.82, 2.24) is 14.0 Å². The molecule has 1 fully saturated rings. The number of aromatic nitrogens is 2. The van der Waals surface area contributed by atoms with Crippen LogP contribution in [-0.2, 0) is 25.8 Å². The van der Waals surface area contributed by atoms with Gasteiger partial charge in [0.1, 0.15) is 11.5 Å². The summed E-state index contributed by atoms with van der Waals surface area (Å²) >= 11 is 0. The second-order valence-electron chi connectivity index (χ2n) is 11.9. The number of alkyl halides is 3. The minimum absolute atomic E-state index is 0.170. The highest BCUT2D eigenvalue weighted by atomic mass is 19.4. The van der Waals surface area contributed by atoms with Crippen molar-refractivity contribution in [3.63, 3.8) is 0 Å². The fraction of sp³-hybridized carbons (Fsp3) is 0.278. The molecule has 244 valence electrons. The van der Waals surface area contributed by atoms with E-state index in [2.05, 4.69) is 29.2 Å². The quantitative estimate of drug-likeness (QED) is 0.219. The number of halogens is 4. The zero-order valence-corrected chi connectivity index (χ0v) is 25.9. The van der Waals surface area contributed by atoms with Crippen LogP contribution in [0.2, 0.25) is 0 Å². The highest BCUT2D eigenvalue weighted by Gasteiger charge is 2.35. The molecule has 0 radical (unpaired) electrons. The summed E-state index contributed by atoms with van der Waals surface area (Å²) in [5, 5.41) is 2.32. The number of nitrogens with zero attached hydrogens (tertiary/aromatic N) is 4. The van der Waals surface area contributed by atoms with Crippen LogP contribution in [0.25, 0.3) is 10.8 Å². The van der Waals surface area contributed by atoms with Crippen molar-refractivity contribution in [2.75, 3.05) is 31.1 Å².